The van der Waals surface area contributed by atoms with Gasteiger partial charge in [0.15, 0.2) is 0 Å². The first-order chi connectivity index (χ1) is 9.18. The molecule has 0 aromatic rings. The maximum atomic E-state index is 10.6. The summed E-state index contributed by atoms with van der Waals surface area (Å²) in [4.78, 5) is 10.6. The summed E-state index contributed by atoms with van der Waals surface area (Å²) in [5.74, 6) is -0.761. The summed E-state index contributed by atoms with van der Waals surface area (Å²) in [6.45, 7) is 4.78. The van der Waals surface area contributed by atoms with Crippen LogP contribution in [0.25, 0.3) is 0 Å². The molecular weight excluding hydrogens is 261 g/mol. The van der Waals surface area contributed by atoms with Gasteiger partial charge in [-0.25, -0.2) is 0 Å². The van der Waals surface area contributed by atoms with Crippen molar-refractivity contribution in [3.05, 3.63) is 0 Å². The van der Waals surface area contributed by atoms with E-state index >= 15 is 0 Å². The van der Waals surface area contributed by atoms with Gasteiger partial charge in [0.2, 0.25) is 0 Å². The Morgan fingerprint density at radius 3 is 1.70 bits per heavy atom. The minimum absolute atomic E-state index is 0. The number of nitrogens with one attached hydrogen (secondary N) is 1. The Balaban J connectivity index is 0. The molecule has 0 unspecified atom stereocenters. The molecule has 4 heteroatoms. The van der Waals surface area contributed by atoms with Crippen LogP contribution in [0.15, 0.2) is 0 Å². The van der Waals surface area contributed by atoms with Crippen molar-refractivity contribution in [3.8, 4) is 0 Å². The predicted octanol–water partition coefficient (Wildman–Crippen LogP) is 3.98. The first kappa shape index (κ1) is 22.7. The number of hydrogen-bond acceptors (Lipinski definition) is 2. The second kappa shape index (κ2) is 17.5. The van der Waals surface area contributed by atoms with E-state index in [0.717, 1.165) is 13.0 Å². The van der Waals surface area contributed by atoms with E-state index in [-0.39, 0.29) is 29.6 Å². The molecule has 0 aliphatic carbocycles. The molecule has 1 atom stereocenters. The van der Waals surface area contributed by atoms with Crippen molar-refractivity contribution in [2.75, 3.05) is 6.54 Å². The van der Waals surface area contributed by atoms with E-state index in [1.54, 1.807) is 6.92 Å². The van der Waals surface area contributed by atoms with Crippen LogP contribution in [0.4, 0.5) is 0 Å². The molecule has 0 aromatic heterocycles. The second-order valence-corrected chi connectivity index (χ2v) is 5.55. The van der Waals surface area contributed by atoms with Gasteiger partial charge in [-0.1, -0.05) is 71.1 Å². The average Bonchev–Trinajstić information content (AvgIpc) is 2.39. The van der Waals surface area contributed by atoms with Crippen LogP contribution in [0, 0.1) is 0 Å². The number of hydrogen-bond donors (Lipinski definition) is 2. The van der Waals surface area contributed by atoms with Crippen molar-refractivity contribution in [2.45, 2.75) is 90.5 Å². The molecular formula is C16H33NNaO2. The third kappa shape index (κ3) is 16.5. The fourth-order valence-electron chi connectivity index (χ4n) is 2.20. The number of unbranched alkanes of at least 4 members (excludes halogenated alkanes) is 10. The van der Waals surface area contributed by atoms with Gasteiger partial charge in [0, 0.05) is 29.6 Å². The van der Waals surface area contributed by atoms with Crippen LogP contribution in [0.2, 0.25) is 0 Å². The minimum atomic E-state index is -0.761. The molecule has 20 heavy (non-hydrogen) atoms. The van der Waals surface area contributed by atoms with Gasteiger partial charge in [-0.05, 0) is 19.9 Å². The second-order valence-electron chi connectivity index (χ2n) is 5.55. The SMILES string of the molecule is CCCCCCCCCCCCCN[C@@H](C)C(=O)O.[Na]. The summed E-state index contributed by atoms with van der Waals surface area (Å²) in [5, 5.41) is 11.7. The molecule has 0 aliphatic rings. The fraction of sp³-hybridized carbons (Fsp3) is 0.938. The predicted molar refractivity (Wildman–Crippen MR) is 87.3 cm³/mol. The summed E-state index contributed by atoms with van der Waals surface area (Å²) < 4.78 is 0. The van der Waals surface area contributed by atoms with Gasteiger partial charge in [-0.3, -0.25) is 4.79 Å². The van der Waals surface area contributed by atoms with E-state index < -0.39 is 12.0 Å². The van der Waals surface area contributed by atoms with E-state index in [1.165, 1.54) is 64.2 Å². The summed E-state index contributed by atoms with van der Waals surface area (Å²) in [6, 6.07) is -0.414. The monoisotopic (exact) mass is 294 g/mol. The summed E-state index contributed by atoms with van der Waals surface area (Å²) in [6.07, 6.45) is 14.6. The minimum Gasteiger partial charge on any atom is -0.480 e. The van der Waals surface area contributed by atoms with Gasteiger partial charge in [0.1, 0.15) is 6.04 Å². The molecule has 0 aromatic carbocycles. The van der Waals surface area contributed by atoms with Crippen LogP contribution in [-0.4, -0.2) is 53.2 Å². The molecule has 0 aliphatic heterocycles. The molecule has 1 radical (unpaired) electrons. The Morgan fingerprint density at radius 2 is 1.30 bits per heavy atom. The van der Waals surface area contributed by atoms with Crippen LogP contribution in [0.3, 0.4) is 0 Å². The number of aliphatic carboxylic acids is 1. The molecule has 0 heterocycles. The Morgan fingerprint density at radius 1 is 0.900 bits per heavy atom. The number of rotatable bonds is 14. The fourth-order valence-corrected chi connectivity index (χ4v) is 2.20. The number of carboxylic acids is 1. The Kier molecular flexibility index (Phi) is 19.8. The van der Waals surface area contributed by atoms with Crippen molar-refractivity contribution >= 4 is 35.5 Å². The Hall–Kier alpha value is 0.430. The average molecular weight is 294 g/mol. The Bertz CT molecular complexity index is 213. The van der Waals surface area contributed by atoms with Crippen LogP contribution < -0.4 is 5.32 Å². The Labute approximate surface area is 147 Å². The van der Waals surface area contributed by atoms with E-state index in [9.17, 15) is 4.79 Å². The zero-order valence-corrected chi connectivity index (χ0v) is 15.9. The smallest absolute Gasteiger partial charge is 0.320 e. The van der Waals surface area contributed by atoms with E-state index in [2.05, 4.69) is 12.2 Å². The first-order valence-electron chi connectivity index (χ1n) is 8.14. The molecule has 0 saturated heterocycles. The number of carboxylic acid groups (broad SMARTS) is 1. The summed E-state index contributed by atoms with van der Waals surface area (Å²) in [7, 11) is 0. The van der Waals surface area contributed by atoms with Gasteiger partial charge in [0.25, 0.3) is 0 Å². The molecule has 2 N–H and O–H groups in total. The van der Waals surface area contributed by atoms with Crippen LogP contribution in [0.5, 0.6) is 0 Å². The quantitative estimate of drug-likeness (QED) is 0.376. The van der Waals surface area contributed by atoms with Crippen molar-refractivity contribution in [1.82, 2.24) is 5.32 Å². The molecule has 0 spiro atoms. The third-order valence-electron chi connectivity index (χ3n) is 3.60. The van der Waals surface area contributed by atoms with Gasteiger partial charge >= 0.3 is 5.97 Å². The van der Waals surface area contributed by atoms with Gasteiger partial charge < -0.3 is 10.4 Å². The maximum absolute atomic E-state index is 10.6. The molecule has 0 amide bonds. The first-order valence-corrected chi connectivity index (χ1v) is 8.14. The van der Waals surface area contributed by atoms with Gasteiger partial charge in [-0.2, -0.15) is 0 Å². The van der Waals surface area contributed by atoms with Crippen LogP contribution in [0.1, 0.15) is 84.5 Å². The van der Waals surface area contributed by atoms with Crippen LogP contribution in [-0.2, 0) is 4.79 Å². The molecule has 0 rings (SSSR count). The normalized spacial score (nSPS) is 11.9. The molecule has 3 nitrogen and oxygen atoms in total. The van der Waals surface area contributed by atoms with Gasteiger partial charge in [-0.15, -0.1) is 0 Å². The van der Waals surface area contributed by atoms with E-state index in [0.29, 0.717) is 0 Å². The summed E-state index contributed by atoms with van der Waals surface area (Å²) in [5.41, 5.74) is 0. The van der Waals surface area contributed by atoms with E-state index in [1.807, 2.05) is 0 Å². The third-order valence-corrected chi connectivity index (χ3v) is 3.60. The zero-order chi connectivity index (χ0) is 14.3. The number of carbonyl (C=O) groups is 1. The molecule has 0 saturated carbocycles. The van der Waals surface area contributed by atoms with Crippen molar-refractivity contribution in [2.24, 2.45) is 0 Å². The van der Waals surface area contributed by atoms with Crippen LogP contribution >= 0.6 is 0 Å². The molecule has 0 fully saturated rings. The van der Waals surface area contributed by atoms with Gasteiger partial charge in [0.05, 0.1) is 0 Å². The maximum Gasteiger partial charge on any atom is 0.320 e. The topological polar surface area (TPSA) is 49.3 Å². The van der Waals surface area contributed by atoms with Crippen molar-refractivity contribution in [3.63, 3.8) is 0 Å². The zero-order valence-electron chi connectivity index (χ0n) is 13.9. The van der Waals surface area contributed by atoms with Crippen molar-refractivity contribution in [1.29, 1.82) is 0 Å². The molecule has 0 bridgehead atoms. The van der Waals surface area contributed by atoms with Crippen molar-refractivity contribution < 1.29 is 9.90 Å². The van der Waals surface area contributed by atoms with E-state index in [4.69, 9.17) is 5.11 Å². The largest absolute Gasteiger partial charge is 0.480 e. The standard InChI is InChI=1S/C16H33NO2.Na/c1-3-4-5-6-7-8-9-10-11-12-13-14-17-15(2)16(18)19;/h15,17H,3-14H2,1-2H3,(H,18,19);/t15-;/m0./s1. The summed E-state index contributed by atoms with van der Waals surface area (Å²) >= 11 is 0. The molecule has 115 valence electrons.